The second-order valence-electron chi connectivity index (χ2n) is 5.10. The van der Waals surface area contributed by atoms with E-state index >= 15 is 0 Å². The predicted octanol–water partition coefficient (Wildman–Crippen LogP) is 2.40. The molecule has 0 saturated heterocycles. The molecule has 0 aliphatic carbocycles. The third kappa shape index (κ3) is 2.96. The van der Waals surface area contributed by atoms with Gasteiger partial charge in [0.05, 0.1) is 18.5 Å². The number of hydrogen-bond acceptors (Lipinski definition) is 6. The van der Waals surface area contributed by atoms with Gasteiger partial charge in [0.15, 0.2) is 5.82 Å². The lowest BCUT2D eigenvalue weighted by Crippen LogP contribution is -2.10. The van der Waals surface area contributed by atoms with Crippen LogP contribution in [0.5, 0.6) is 0 Å². The van der Waals surface area contributed by atoms with E-state index < -0.39 is 5.97 Å². The number of aryl methyl sites for hydroxylation is 1. The molecule has 0 atom stereocenters. The fourth-order valence-electron chi connectivity index (χ4n) is 2.32. The van der Waals surface area contributed by atoms with Gasteiger partial charge in [-0.05, 0) is 13.8 Å². The summed E-state index contributed by atoms with van der Waals surface area (Å²) in [4.78, 5) is 20.7. The summed E-state index contributed by atoms with van der Waals surface area (Å²) in [6.45, 7) is 3.80. The van der Waals surface area contributed by atoms with Crippen LogP contribution in [0.4, 0.5) is 5.82 Å². The molecule has 7 nitrogen and oxygen atoms in total. The van der Waals surface area contributed by atoms with E-state index in [1.807, 2.05) is 30.3 Å². The summed E-state index contributed by atoms with van der Waals surface area (Å²) in [5, 5.41) is 4.17. The number of ether oxygens (including phenoxy) is 1. The van der Waals surface area contributed by atoms with Gasteiger partial charge in [0.25, 0.3) is 0 Å². The van der Waals surface area contributed by atoms with Crippen LogP contribution >= 0.6 is 0 Å². The molecule has 2 aromatic heterocycles. The Kier molecular flexibility index (Phi) is 4.24. The van der Waals surface area contributed by atoms with E-state index in [9.17, 15) is 4.79 Å². The van der Waals surface area contributed by atoms with Gasteiger partial charge >= 0.3 is 5.97 Å². The maximum Gasteiger partial charge on any atom is 0.343 e. The number of esters is 1. The fourth-order valence-corrected chi connectivity index (χ4v) is 2.32. The van der Waals surface area contributed by atoms with Crippen molar-refractivity contribution in [1.29, 1.82) is 0 Å². The van der Waals surface area contributed by atoms with Gasteiger partial charge in [-0.1, -0.05) is 30.3 Å². The normalized spacial score (nSPS) is 10.6. The van der Waals surface area contributed by atoms with Crippen molar-refractivity contribution in [3.63, 3.8) is 0 Å². The molecule has 0 aliphatic heterocycles. The second-order valence-corrected chi connectivity index (χ2v) is 5.10. The summed E-state index contributed by atoms with van der Waals surface area (Å²) in [6, 6.07) is 11.5. The smallest absolute Gasteiger partial charge is 0.343 e. The maximum absolute atomic E-state index is 11.9. The maximum atomic E-state index is 11.9. The van der Waals surface area contributed by atoms with Gasteiger partial charge < -0.3 is 10.5 Å². The minimum absolute atomic E-state index is 0.186. The first-order valence-electron chi connectivity index (χ1n) is 7.52. The zero-order valence-electron chi connectivity index (χ0n) is 13.4. The molecule has 7 heteroatoms. The highest BCUT2D eigenvalue weighted by atomic mass is 16.5. The monoisotopic (exact) mass is 323 g/mol. The lowest BCUT2D eigenvalue weighted by atomic mass is 10.1. The molecular formula is C17H17N5O2. The highest BCUT2D eigenvalue weighted by Crippen LogP contribution is 2.22. The first-order valence-corrected chi connectivity index (χ1v) is 7.52. The molecule has 0 radical (unpaired) electrons. The summed E-state index contributed by atoms with van der Waals surface area (Å²) >= 11 is 0. The lowest BCUT2D eigenvalue weighted by molar-refractivity contribution is 0.0527. The quantitative estimate of drug-likeness (QED) is 0.741. The highest BCUT2D eigenvalue weighted by molar-refractivity contribution is 5.94. The summed E-state index contributed by atoms with van der Waals surface area (Å²) < 4.78 is 6.38. The van der Waals surface area contributed by atoms with Crippen LogP contribution in [0.25, 0.3) is 17.1 Å². The van der Waals surface area contributed by atoms with E-state index in [-0.39, 0.29) is 18.0 Å². The van der Waals surface area contributed by atoms with Crippen LogP contribution in [0.15, 0.2) is 42.6 Å². The van der Waals surface area contributed by atoms with Crippen molar-refractivity contribution in [2.24, 2.45) is 0 Å². The molecule has 1 aromatic carbocycles. The fraction of sp³-hybridized carbons (Fsp3) is 0.176. The van der Waals surface area contributed by atoms with E-state index in [1.165, 1.54) is 10.9 Å². The molecule has 0 amide bonds. The van der Waals surface area contributed by atoms with Crippen molar-refractivity contribution < 1.29 is 9.53 Å². The topological polar surface area (TPSA) is 95.9 Å². The third-order valence-electron chi connectivity index (χ3n) is 3.41. The Morgan fingerprint density at radius 2 is 2.00 bits per heavy atom. The molecule has 0 fully saturated rings. The SMILES string of the molecule is CCOC(=O)c1cnn(-c2cc(-c3ccccc3)nc(C)n2)c1N. The lowest BCUT2D eigenvalue weighted by Gasteiger charge is -2.08. The first-order chi connectivity index (χ1) is 11.6. The average Bonchev–Trinajstić information content (AvgIpc) is 2.97. The number of hydrogen-bond donors (Lipinski definition) is 1. The number of nitrogen functional groups attached to an aromatic ring is 1. The Bertz CT molecular complexity index is 874. The summed E-state index contributed by atoms with van der Waals surface area (Å²) in [6.07, 6.45) is 1.38. The molecule has 0 aliphatic rings. The van der Waals surface area contributed by atoms with E-state index in [0.29, 0.717) is 11.6 Å². The van der Waals surface area contributed by atoms with Gasteiger partial charge in [-0.15, -0.1) is 0 Å². The molecule has 0 saturated carbocycles. The van der Waals surface area contributed by atoms with Crippen LogP contribution in [0.2, 0.25) is 0 Å². The van der Waals surface area contributed by atoms with Crippen molar-refractivity contribution in [1.82, 2.24) is 19.7 Å². The number of carbonyl (C=O) groups is 1. The van der Waals surface area contributed by atoms with Gasteiger partial charge in [0, 0.05) is 11.6 Å². The number of anilines is 1. The predicted molar refractivity (Wildman–Crippen MR) is 89.7 cm³/mol. The van der Waals surface area contributed by atoms with Crippen molar-refractivity contribution in [3.05, 3.63) is 54.0 Å². The molecule has 3 rings (SSSR count). The Hall–Kier alpha value is -3.22. The average molecular weight is 323 g/mol. The van der Waals surface area contributed by atoms with Crippen LogP contribution in [-0.4, -0.2) is 32.3 Å². The van der Waals surface area contributed by atoms with Gasteiger partial charge in [-0.25, -0.2) is 14.8 Å². The zero-order valence-corrected chi connectivity index (χ0v) is 13.4. The van der Waals surface area contributed by atoms with Crippen LogP contribution in [-0.2, 0) is 4.74 Å². The van der Waals surface area contributed by atoms with Crippen LogP contribution < -0.4 is 5.73 Å². The molecule has 3 aromatic rings. The van der Waals surface area contributed by atoms with Gasteiger partial charge in [0.2, 0.25) is 0 Å². The molecule has 0 bridgehead atoms. The second kappa shape index (κ2) is 6.49. The molecule has 0 unspecified atom stereocenters. The Labute approximate surface area is 139 Å². The number of nitrogens with two attached hydrogens (primary N) is 1. The zero-order chi connectivity index (χ0) is 17.1. The summed E-state index contributed by atoms with van der Waals surface area (Å²) in [7, 11) is 0. The van der Waals surface area contributed by atoms with Crippen LogP contribution in [0, 0.1) is 6.92 Å². The number of carbonyl (C=O) groups excluding carboxylic acids is 1. The minimum Gasteiger partial charge on any atom is -0.462 e. The van der Waals surface area contributed by atoms with Gasteiger partial charge in [-0.3, -0.25) is 0 Å². The molecule has 24 heavy (non-hydrogen) atoms. The van der Waals surface area contributed by atoms with Crippen molar-refractivity contribution in [2.75, 3.05) is 12.3 Å². The Balaban J connectivity index is 2.05. The summed E-state index contributed by atoms with van der Waals surface area (Å²) in [5.74, 6) is 0.759. The molecule has 2 N–H and O–H groups in total. The number of aromatic nitrogens is 4. The summed E-state index contributed by atoms with van der Waals surface area (Å²) in [5.41, 5.74) is 7.98. The largest absolute Gasteiger partial charge is 0.462 e. The number of rotatable bonds is 4. The van der Waals surface area contributed by atoms with Crippen LogP contribution in [0.3, 0.4) is 0 Å². The standard InChI is InChI=1S/C17H17N5O2/c1-3-24-17(23)13-10-19-22(16(13)18)15-9-14(20-11(2)21-15)12-7-5-4-6-8-12/h4-10H,3,18H2,1-2H3. The van der Waals surface area contributed by atoms with Gasteiger partial charge in [0.1, 0.15) is 17.2 Å². The number of benzene rings is 1. The minimum atomic E-state index is -0.504. The van der Waals surface area contributed by atoms with Crippen molar-refractivity contribution in [3.8, 4) is 17.1 Å². The molecule has 122 valence electrons. The van der Waals surface area contributed by atoms with Gasteiger partial charge in [-0.2, -0.15) is 9.78 Å². The molecule has 2 heterocycles. The molecular weight excluding hydrogens is 306 g/mol. The van der Waals surface area contributed by atoms with E-state index in [1.54, 1.807) is 19.9 Å². The van der Waals surface area contributed by atoms with E-state index in [4.69, 9.17) is 10.5 Å². The van der Waals surface area contributed by atoms with Crippen LogP contribution in [0.1, 0.15) is 23.1 Å². The van der Waals surface area contributed by atoms with E-state index in [0.717, 1.165) is 11.3 Å². The van der Waals surface area contributed by atoms with Crippen molar-refractivity contribution in [2.45, 2.75) is 13.8 Å². The Morgan fingerprint density at radius 1 is 1.25 bits per heavy atom. The number of nitrogens with zero attached hydrogens (tertiary/aromatic N) is 4. The van der Waals surface area contributed by atoms with Crippen molar-refractivity contribution >= 4 is 11.8 Å². The first kappa shape index (κ1) is 15.7. The van der Waals surface area contributed by atoms with E-state index in [2.05, 4.69) is 15.1 Å². The molecule has 0 spiro atoms. The third-order valence-corrected chi connectivity index (χ3v) is 3.41. The Morgan fingerprint density at radius 3 is 2.71 bits per heavy atom. The highest BCUT2D eigenvalue weighted by Gasteiger charge is 2.18.